The highest BCUT2D eigenvalue weighted by molar-refractivity contribution is 5.97. The minimum absolute atomic E-state index is 0.148. The number of Topliss-reactive ketones (excluding diaryl/α,β-unsaturated/α-hetero) is 1. The Hall–Kier alpha value is -1.35. The van der Waals surface area contributed by atoms with E-state index in [1.807, 2.05) is 0 Å². The summed E-state index contributed by atoms with van der Waals surface area (Å²) in [4.78, 5) is 14.5. The molecule has 0 amide bonds. The third-order valence-corrected chi connectivity index (χ3v) is 3.76. The van der Waals surface area contributed by atoms with Crippen LogP contribution in [0.1, 0.15) is 43.0 Å². The van der Waals surface area contributed by atoms with Crippen molar-refractivity contribution in [2.45, 2.75) is 38.6 Å². The molecule has 1 saturated heterocycles. The van der Waals surface area contributed by atoms with Crippen LogP contribution in [0.25, 0.3) is 0 Å². The van der Waals surface area contributed by atoms with Crippen LogP contribution in [0.3, 0.4) is 0 Å². The highest BCUT2D eigenvalue weighted by atomic mass is 16.3. The summed E-state index contributed by atoms with van der Waals surface area (Å²) in [5, 5.41) is 9.22. The fourth-order valence-electron chi connectivity index (χ4n) is 2.65. The third-order valence-electron chi connectivity index (χ3n) is 3.76. The van der Waals surface area contributed by atoms with Crippen molar-refractivity contribution in [1.82, 2.24) is 4.90 Å². The number of hydrogen-bond acceptors (Lipinski definition) is 3. The van der Waals surface area contributed by atoms with Crippen LogP contribution in [-0.2, 0) is 0 Å². The van der Waals surface area contributed by atoms with Crippen LogP contribution >= 0.6 is 0 Å². The summed E-state index contributed by atoms with van der Waals surface area (Å²) in [5.41, 5.74) is 0.688. The molecule has 1 unspecified atom stereocenters. The number of benzene rings is 1. The SMILES string of the molecule is CCC1CCCCN1CC(=O)c1ccc(O)cc1. The van der Waals surface area contributed by atoms with Crippen molar-refractivity contribution in [3.05, 3.63) is 29.8 Å². The highest BCUT2D eigenvalue weighted by Crippen LogP contribution is 2.20. The van der Waals surface area contributed by atoms with Crippen LogP contribution in [0.15, 0.2) is 24.3 Å². The maximum Gasteiger partial charge on any atom is 0.176 e. The molecule has 1 atom stereocenters. The first kappa shape index (κ1) is 13.1. The highest BCUT2D eigenvalue weighted by Gasteiger charge is 2.23. The lowest BCUT2D eigenvalue weighted by atomic mass is 9.99. The van der Waals surface area contributed by atoms with Gasteiger partial charge in [-0.2, -0.15) is 0 Å². The molecule has 1 fully saturated rings. The minimum atomic E-state index is 0.148. The number of aromatic hydroxyl groups is 1. The maximum atomic E-state index is 12.2. The van der Waals surface area contributed by atoms with Gasteiger partial charge in [0.05, 0.1) is 6.54 Å². The molecule has 0 aliphatic carbocycles. The van der Waals surface area contributed by atoms with Gasteiger partial charge in [-0.1, -0.05) is 13.3 Å². The molecule has 1 aromatic rings. The van der Waals surface area contributed by atoms with Crippen molar-refractivity contribution in [3.63, 3.8) is 0 Å². The van der Waals surface area contributed by atoms with E-state index in [2.05, 4.69) is 11.8 Å². The topological polar surface area (TPSA) is 40.5 Å². The van der Waals surface area contributed by atoms with Crippen molar-refractivity contribution >= 4 is 5.78 Å². The molecule has 98 valence electrons. The summed E-state index contributed by atoms with van der Waals surface area (Å²) in [6.45, 7) is 3.72. The molecule has 0 aromatic heterocycles. The molecule has 1 aromatic carbocycles. The van der Waals surface area contributed by atoms with Crippen LogP contribution in [0, 0.1) is 0 Å². The Kier molecular flexibility index (Phi) is 4.37. The average molecular weight is 247 g/mol. The number of ketones is 1. The first-order valence-corrected chi connectivity index (χ1v) is 6.77. The standard InChI is InChI=1S/C15H21NO2/c1-2-13-5-3-4-10-16(13)11-15(18)12-6-8-14(17)9-7-12/h6-9,13,17H,2-5,10-11H2,1H3. The smallest absolute Gasteiger partial charge is 0.176 e. The Morgan fingerprint density at radius 1 is 1.33 bits per heavy atom. The fraction of sp³-hybridized carbons (Fsp3) is 0.533. The molecular formula is C15H21NO2. The van der Waals surface area contributed by atoms with Gasteiger partial charge in [0.15, 0.2) is 5.78 Å². The molecule has 0 saturated carbocycles. The summed E-state index contributed by atoms with van der Waals surface area (Å²) in [7, 11) is 0. The lowest BCUT2D eigenvalue weighted by Crippen LogP contribution is -2.42. The number of rotatable bonds is 4. The van der Waals surface area contributed by atoms with Gasteiger partial charge in [-0.15, -0.1) is 0 Å². The minimum Gasteiger partial charge on any atom is -0.508 e. The van der Waals surface area contributed by atoms with Gasteiger partial charge in [0.2, 0.25) is 0 Å². The Morgan fingerprint density at radius 3 is 2.72 bits per heavy atom. The van der Waals surface area contributed by atoms with E-state index in [4.69, 9.17) is 0 Å². The van der Waals surface area contributed by atoms with Crippen LogP contribution in [0.2, 0.25) is 0 Å². The van der Waals surface area contributed by atoms with Crippen molar-refractivity contribution in [1.29, 1.82) is 0 Å². The first-order valence-electron chi connectivity index (χ1n) is 6.77. The van der Waals surface area contributed by atoms with Gasteiger partial charge in [0.1, 0.15) is 5.75 Å². The second-order valence-electron chi connectivity index (χ2n) is 5.00. The van der Waals surface area contributed by atoms with E-state index in [0.29, 0.717) is 18.2 Å². The summed E-state index contributed by atoms with van der Waals surface area (Å²) < 4.78 is 0. The summed E-state index contributed by atoms with van der Waals surface area (Å²) in [6.07, 6.45) is 4.80. The molecule has 0 radical (unpaired) electrons. The molecule has 2 rings (SSSR count). The van der Waals surface area contributed by atoms with Gasteiger partial charge in [-0.3, -0.25) is 9.69 Å². The van der Waals surface area contributed by atoms with Crippen molar-refractivity contribution in [2.75, 3.05) is 13.1 Å². The van der Waals surface area contributed by atoms with Gasteiger partial charge in [0, 0.05) is 11.6 Å². The van der Waals surface area contributed by atoms with Crippen LogP contribution in [-0.4, -0.2) is 34.9 Å². The van der Waals surface area contributed by atoms with Crippen molar-refractivity contribution in [3.8, 4) is 5.75 Å². The van der Waals surface area contributed by atoms with E-state index < -0.39 is 0 Å². The van der Waals surface area contributed by atoms with Crippen molar-refractivity contribution in [2.24, 2.45) is 0 Å². The number of carbonyl (C=O) groups is 1. The molecule has 1 aliphatic heterocycles. The van der Waals surface area contributed by atoms with Gasteiger partial charge < -0.3 is 5.11 Å². The maximum absolute atomic E-state index is 12.2. The number of hydrogen-bond donors (Lipinski definition) is 1. The van der Waals surface area contributed by atoms with Crippen molar-refractivity contribution < 1.29 is 9.90 Å². The Balaban J connectivity index is 1.99. The predicted octanol–water partition coefficient (Wildman–Crippen LogP) is 2.84. The number of piperidine rings is 1. The van der Waals surface area contributed by atoms with Crippen LogP contribution in [0.5, 0.6) is 5.75 Å². The average Bonchev–Trinajstić information content (AvgIpc) is 2.40. The molecule has 0 bridgehead atoms. The van der Waals surface area contributed by atoms with E-state index in [9.17, 15) is 9.90 Å². The lowest BCUT2D eigenvalue weighted by molar-refractivity contribution is 0.0838. The predicted molar refractivity (Wildman–Crippen MR) is 71.9 cm³/mol. The third kappa shape index (κ3) is 3.10. The van der Waals surface area contributed by atoms with E-state index in [1.165, 1.54) is 19.3 Å². The van der Waals surface area contributed by atoms with E-state index in [-0.39, 0.29) is 11.5 Å². The first-order chi connectivity index (χ1) is 8.70. The van der Waals surface area contributed by atoms with E-state index >= 15 is 0 Å². The largest absolute Gasteiger partial charge is 0.508 e. The molecular weight excluding hydrogens is 226 g/mol. The van der Waals surface area contributed by atoms with Gasteiger partial charge >= 0.3 is 0 Å². The quantitative estimate of drug-likeness (QED) is 0.832. The van der Waals surface area contributed by atoms with Gasteiger partial charge in [-0.25, -0.2) is 0 Å². The number of nitrogens with zero attached hydrogens (tertiary/aromatic N) is 1. The molecule has 1 heterocycles. The fourth-order valence-corrected chi connectivity index (χ4v) is 2.65. The number of carbonyl (C=O) groups excluding carboxylic acids is 1. The Bertz CT molecular complexity index is 399. The molecule has 1 N–H and O–H groups in total. The Morgan fingerprint density at radius 2 is 2.06 bits per heavy atom. The van der Waals surface area contributed by atoms with Crippen LogP contribution in [0.4, 0.5) is 0 Å². The van der Waals surface area contributed by atoms with Gasteiger partial charge in [0.25, 0.3) is 0 Å². The molecule has 3 nitrogen and oxygen atoms in total. The molecule has 18 heavy (non-hydrogen) atoms. The zero-order valence-corrected chi connectivity index (χ0v) is 10.9. The number of likely N-dealkylation sites (tertiary alicyclic amines) is 1. The number of phenolic OH excluding ortho intramolecular Hbond substituents is 1. The van der Waals surface area contributed by atoms with Gasteiger partial charge in [-0.05, 0) is 50.1 Å². The summed E-state index contributed by atoms with van der Waals surface area (Å²) in [6, 6.07) is 7.09. The van der Waals surface area contributed by atoms with Crippen LogP contribution < -0.4 is 0 Å². The second kappa shape index (κ2) is 6.01. The molecule has 3 heteroatoms. The van der Waals surface area contributed by atoms with E-state index in [0.717, 1.165) is 13.0 Å². The lowest BCUT2D eigenvalue weighted by Gasteiger charge is -2.34. The summed E-state index contributed by atoms with van der Waals surface area (Å²) in [5.74, 6) is 0.353. The molecule has 1 aliphatic rings. The van der Waals surface area contributed by atoms with E-state index in [1.54, 1.807) is 24.3 Å². The second-order valence-corrected chi connectivity index (χ2v) is 5.00. The normalized spacial score (nSPS) is 20.8. The zero-order chi connectivity index (χ0) is 13.0. The zero-order valence-electron chi connectivity index (χ0n) is 10.9. The monoisotopic (exact) mass is 247 g/mol. The Labute approximate surface area is 108 Å². The summed E-state index contributed by atoms with van der Waals surface area (Å²) >= 11 is 0. The molecule has 0 spiro atoms. The number of phenols is 1.